The first-order valence-electron chi connectivity index (χ1n) is 12.3. The van der Waals surface area contributed by atoms with E-state index in [1.54, 1.807) is 41.3 Å². The number of amides is 2. The van der Waals surface area contributed by atoms with Crippen molar-refractivity contribution in [1.82, 2.24) is 10.2 Å². The van der Waals surface area contributed by atoms with Gasteiger partial charge in [0.25, 0.3) is 0 Å². The Morgan fingerprint density at radius 2 is 1.57 bits per heavy atom. The van der Waals surface area contributed by atoms with Crippen molar-refractivity contribution in [1.29, 1.82) is 0 Å². The molecule has 3 aromatic carbocycles. The molecule has 1 N–H and O–H groups in total. The number of hydrogen-bond acceptors (Lipinski definition) is 2. The summed E-state index contributed by atoms with van der Waals surface area (Å²) in [6, 6.07) is 19.4. The lowest BCUT2D eigenvalue weighted by Gasteiger charge is -2.32. The first kappa shape index (κ1) is 27.8. The molecule has 1 saturated carbocycles. The Kier molecular flexibility index (Phi) is 9.77. The average molecular weight is 578 g/mol. The van der Waals surface area contributed by atoms with Gasteiger partial charge in [0.2, 0.25) is 11.8 Å². The summed E-state index contributed by atoms with van der Waals surface area (Å²) >= 11 is 24.9. The van der Waals surface area contributed by atoms with E-state index in [4.69, 9.17) is 46.4 Å². The van der Waals surface area contributed by atoms with E-state index in [1.165, 1.54) is 0 Å². The summed E-state index contributed by atoms with van der Waals surface area (Å²) in [4.78, 5) is 29.2. The number of nitrogens with one attached hydrogen (secondary N) is 1. The van der Waals surface area contributed by atoms with Gasteiger partial charge in [-0.3, -0.25) is 9.59 Å². The Balaban J connectivity index is 1.69. The molecule has 0 aliphatic heterocycles. The minimum absolute atomic E-state index is 0.0596. The highest BCUT2D eigenvalue weighted by Crippen LogP contribution is 2.27. The minimum Gasteiger partial charge on any atom is -0.352 e. The van der Waals surface area contributed by atoms with Crippen LogP contribution in [0.15, 0.2) is 66.7 Å². The average Bonchev–Trinajstić information content (AvgIpc) is 3.38. The smallest absolute Gasteiger partial charge is 0.243 e. The second kappa shape index (κ2) is 13.0. The van der Waals surface area contributed by atoms with Crippen LogP contribution in [0.3, 0.4) is 0 Å². The number of nitrogens with zero attached hydrogens (tertiary/aromatic N) is 1. The molecule has 0 unspecified atom stereocenters. The first-order chi connectivity index (χ1) is 17.8. The summed E-state index contributed by atoms with van der Waals surface area (Å²) in [6.07, 6.45) is 4.51. The lowest BCUT2D eigenvalue weighted by molar-refractivity contribution is -0.141. The van der Waals surface area contributed by atoms with Crippen molar-refractivity contribution in [3.63, 3.8) is 0 Å². The highest BCUT2D eigenvalue weighted by Gasteiger charge is 2.32. The maximum absolute atomic E-state index is 13.9. The van der Waals surface area contributed by atoms with Gasteiger partial charge in [0, 0.05) is 29.1 Å². The van der Waals surface area contributed by atoms with Crippen LogP contribution >= 0.6 is 46.4 Å². The summed E-state index contributed by atoms with van der Waals surface area (Å²) in [5, 5.41) is 4.93. The van der Waals surface area contributed by atoms with Crippen LogP contribution in [-0.4, -0.2) is 28.8 Å². The largest absolute Gasteiger partial charge is 0.352 e. The number of rotatable bonds is 9. The second-order valence-corrected chi connectivity index (χ2v) is 11.0. The fourth-order valence-electron chi connectivity index (χ4n) is 4.68. The Morgan fingerprint density at radius 3 is 2.24 bits per heavy atom. The molecule has 0 radical (unpaired) electrons. The fraction of sp³-hybridized carbons (Fsp3) is 0.310. The van der Waals surface area contributed by atoms with E-state index in [1.807, 2.05) is 30.3 Å². The van der Waals surface area contributed by atoms with Crippen molar-refractivity contribution in [2.45, 2.75) is 57.2 Å². The van der Waals surface area contributed by atoms with Gasteiger partial charge < -0.3 is 10.2 Å². The zero-order valence-electron chi connectivity index (χ0n) is 20.2. The molecule has 2 amide bonds. The zero-order chi connectivity index (χ0) is 26.4. The maximum atomic E-state index is 13.9. The topological polar surface area (TPSA) is 49.4 Å². The van der Waals surface area contributed by atoms with Crippen LogP contribution in [-0.2, 0) is 29.0 Å². The van der Waals surface area contributed by atoms with Gasteiger partial charge in [-0.15, -0.1) is 0 Å². The SMILES string of the molecule is O=C(NC1CCCC1)[C@@H](Cc1ccccc1)N(Cc1ccc(Cl)cc1Cl)C(=O)Cc1ccc(Cl)c(Cl)c1. The second-order valence-electron chi connectivity index (χ2n) is 9.38. The summed E-state index contributed by atoms with van der Waals surface area (Å²) in [5.74, 6) is -0.379. The van der Waals surface area contributed by atoms with Gasteiger partial charge in [0.15, 0.2) is 0 Å². The fourth-order valence-corrected chi connectivity index (χ4v) is 5.47. The van der Waals surface area contributed by atoms with Crippen molar-refractivity contribution < 1.29 is 9.59 Å². The molecule has 0 aromatic heterocycles. The van der Waals surface area contributed by atoms with E-state index >= 15 is 0 Å². The molecule has 37 heavy (non-hydrogen) atoms. The number of benzene rings is 3. The molecule has 1 atom stereocenters. The van der Waals surface area contributed by atoms with Crippen molar-refractivity contribution >= 4 is 58.2 Å². The zero-order valence-corrected chi connectivity index (χ0v) is 23.3. The highest BCUT2D eigenvalue weighted by atomic mass is 35.5. The van der Waals surface area contributed by atoms with Crippen molar-refractivity contribution in [2.75, 3.05) is 0 Å². The Labute approximate surface area is 237 Å². The standard InChI is InChI=1S/C29H28Cl4N2O2/c30-22-12-11-21(25(32)17-22)18-35(28(36)16-20-10-13-24(31)26(33)14-20)27(15-19-6-2-1-3-7-19)29(37)34-23-8-4-5-9-23/h1-3,6-7,10-14,17,23,27H,4-5,8-9,15-16,18H2,(H,34,37)/t27-/m1/s1. The Morgan fingerprint density at radius 1 is 0.838 bits per heavy atom. The van der Waals surface area contributed by atoms with Crippen LogP contribution in [0, 0.1) is 0 Å². The quantitative estimate of drug-likeness (QED) is 0.285. The van der Waals surface area contributed by atoms with Gasteiger partial charge in [0.1, 0.15) is 6.04 Å². The normalized spacial score (nSPS) is 14.4. The lowest BCUT2D eigenvalue weighted by Crippen LogP contribution is -2.52. The van der Waals surface area contributed by atoms with Crippen LogP contribution in [0.2, 0.25) is 20.1 Å². The predicted molar refractivity (Wildman–Crippen MR) is 152 cm³/mol. The molecule has 4 rings (SSSR count). The summed E-state index contributed by atoms with van der Waals surface area (Å²) in [7, 11) is 0. The van der Waals surface area contributed by atoms with E-state index in [0.717, 1.165) is 31.2 Å². The van der Waals surface area contributed by atoms with Gasteiger partial charge in [-0.25, -0.2) is 0 Å². The maximum Gasteiger partial charge on any atom is 0.243 e. The molecule has 3 aromatic rings. The number of carbonyl (C=O) groups is 2. The molecule has 0 bridgehead atoms. The van der Waals surface area contributed by atoms with Gasteiger partial charge in [-0.05, 0) is 53.8 Å². The van der Waals surface area contributed by atoms with E-state index in [-0.39, 0.29) is 30.8 Å². The van der Waals surface area contributed by atoms with E-state index in [0.29, 0.717) is 37.6 Å². The molecule has 0 saturated heterocycles. The molecule has 194 valence electrons. The monoisotopic (exact) mass is 576 g/mol. The third-order valence-corrected chi connectivity index (χ3v) is 7.99. The molecule has 0 heterocycles. The molecular formula is C29H28Cl4N2O2. The number of hydrogen-bond donors (Lipinski definition) is 1. The van der Waals surface area contributed by atoms with Gasteiger partial charge >= 0.3 is 0 Å². The van der Waals surface area contributed by atoms with Crippen molar-refractivity contribution in [3.05, 3.63) is 104 Å². The third-order valence-electron chi connectivity index (χ3n) is 6.67. The van der Waals surface area contributed by atoms with Crippen molar-refractivity contribution in [3.8, 4) is 0 Å². The summed E-state index contributed by atoms with van der Waals surface area (Å²) in [6.45, 7) is 0.158. The van der Waals surface area contributed by atoms with E-state index < -0.39 is 6.04 Å². The van der Waals surface area contributed by atoms with Gasteiger partial charge in [0.05, 0.1) is 16.5 Å². The van der Waals surface area contributed by atoms with E-state index in [2.05, 4.69) is 5.32 Å². The van der Waals surface area contributed by atoms with Crippen LogP contribution in [0.1, 0.15) is 42.4 Å². The minimum atomic E-state index is -0.731. The summed E-state index contributed by atoms with van der Waals surface area (Å²) in [5.41, 5.74) is 2.38. The third kappa shape index (κ3) is 7.64. The van der Waals surface area contributed by atoms with Gasteiger partial charge in [-0.1, -0.05) is 102 Å². The number of halogens is 4. The molecule has 4 nitrogen and oxygen atoms in total. The number of carbonyl (C=O) groups excluding carboxylic acids is 2. The van der Waals surface area contributed by atoms with Crippen LogP contribution in [0.5, 0.6) is 0 Å². The molecule has 8 heteroatoms. The Hall–Kier alpha value is -2.24. The molecule has 1 aliphatic carbocycles. The predicted octanol–water partition coefficient (Wildman–Crippen LogP) is 7.54. The van der Waals surface area contributed by atoms with E-state index in [9.17, 15) is 9.59 Å². The van der Waals surface area contributed by atoms with Crippen LogP contribution in [0.25, 0.3) is 0 Å². The molecule has 1 fully saturated rings. The van der Waals surface area contributed by atoms with Crippen LogP contribution < -0.4 is 5.32 Å². The highest BCUT2D eigenvalue weighted by molar-refractivity contribution is 6.42. The molecule has 0 spiro atoms. The van der Waals surface area contributed by atoms with Gasteiger partial charge in [-0.2, -0.15) is 0 Å². The van der Waals surface area contributed by atoms with Crippen LogP contribution in [0.4, 0.5) is 0 Å². The first-order valence-corrected chi connectivity index (χ1v) is 13.8. The molecular weight excluding hydrogens is 550 g/mol. The Bertz CT molecular complexity index is 1250. The van der Waals surface area contributed by atoms with Crippen molar-refractivity contribution in [2.24, 2.45) is 0 Å². The summed E-state index contributed by atoms with van der Waals surface area (Å²) < 4.78 is 0. The lowest BCUT2D eigenvalue weighted by atomic mass is 10.0. The molecule has 1 aliphatic rings.